The molecule has 0 aliphatic carbocycles. The first-order valence-corrected chi connectivity index (χ1v) is 23.8. The first-order valence-electron chi connectivity index (χ1n) is 11.3. The van der Waals surface area contributed by atoms with E-state index < -0.39 is 0 Å². The van der Waals surface area contributed by atoms with Crippen molar-refractivity contribution in [1.29, 1.82) is 0 Å². The molecule has 7 rings (SSSR count). The van der Waals surface area contributed by atoms with Gasteiger partial charge in [-0.05, 0) is 22.9 Å². The lowest BCUT2D eigenvalue weighted by molar-refractivity contribution is 1.09. The predicted molar refractivity (Wildman–Crippen MR) is 202 cm³/mol. The summed E-state index contributed by atoms with van der Waals surface area (Å²) < 4.78 is 14.8. The number of pyridine rings is 1. The summed E-state index contributed by atoms with van der Waals surface area (Å²) in [7, 11) is 0. The molecule has 38 heavy (non-hydrogen) atoms. The van der Waals surface area contributed by atoms with E-state index in [4.69, 9.17) is 4.98 Å². The summed E-state index contributed by atoms with van der Waals surface area (Å²) in [5, 5.41) is 4.65. The zero-order valence-corrected chi connectivity index (χ0v) is 30.7. The minimum absolute atomic E-state index is 0.924. The highest BCUT2D eigenvalue weighted by Gasteiger charge is 2.30. The molecule has 0 unspecified atom stereocenters. The van der Waals surface area contributed by atoms with E-state index in [-0.39, 0.29) is 0 Å². The van der Waals surface area contributed by atoms with Crippen LogP contribution >= 0.6 is 165 Å². The monoisotopic (exact) mass is 755 g/mol. The van der Waals surface area contributed by atoms with Crippen LogP contribution in [0.3, 0.4) is 0 Å². The quantitative estimate of drug-likeness (QED) is 0.273. The first-order chi connectivity index (χ1) is 18.8. The maximum Gasteiger partial charge on any atom is 0.0717 e. The molecule has 198 valence electrons. The SMILES string of the molecule is C1=C(SCc2cccc(CSC3=CSC(=C4SC5=C(SCCS5)S4)S3)n2)SC(=C2SC3=C(SCCS3)S2)S1. The lowest BCUT2D eigenvalue weighted by Gasteiger charge is -2.08. The smallest absolute Gasteiger partial charge is 0.0717 e. The van der Waals surface area contributed by atoms with Crippen LogP contribution in [-0.4, -0.2) is 28.0 Å². The summed E-state index contributed by atoms with van der Waals surface area (Å²) in [5.41, 5.74) is 2.34. The zero-order valence-electron chi connectivity index (χ0n) is 19.3. The Morgan fingerprint density at radius 1 is 0.526 bits per heavy atom. The van der Waals surface area contributed by atoms with E-state index in [1.165, 1.54) is 76.8 Å². The molecule has 0 saturated heterocycles. The summed E-state index contributed by atoms with van der Waals surface area (Å²) in [6.45, 7) is 0. The van der Waals surface area contributed by atoms with Gasteiger partial charge in [0.2, 0.25) is 0 Å². The average Bonchev–Trinajstić information content (AvgIpc) is 3.76. The Morgan fingerprint density at radius 2 is 0.947 bits per heavy atom. The number of hydrogen-bond acceptors (Lipinski definition) is 15. The Labute approximate surface area is 283 Å². The summed E-state index contributed by atoms with van der Waals surface area (Å²) in [5.74, 6) is 6.83. The topological polar surface area (TPSA) is 12.9 Å². The van der Waals surface area contributed by atoms with Crippen LogP contribution < -0.4 is 0 Å². The molecule has 0 atom stereocenters. The van der Waals surface area contributed by atoms with Crippen molar-refractivity contribution in [2.24, 2.45) is 0 Å². The molecule has 0 radical (unpaired) electrons. The van der Waals surface area contributed by atoms with E-state index in [0.717, 1.165) is 11.5 Å². The molecule has 1 nitrogen and oxygen atoms in total. The molecule has 0 aromatic carbocycles. The van der Waals surface area contributed by atoms with E-state index >= 15 is 0 Å². The van der Waals surface area contributed by atoms with E-state index in [1.54, 1.807) is 0 Å². The second-order valence-corrected chi connectivity index (χ2v) is 24.6. The molecular formula is C23H17NS14. The van der Waals surface area contributed by atoms with Gasteiger partial charge in [0.05, 0.1) is 53.8 Å². The largest absolute Gasteiger partial charge is 0.256 e. The molecule has 0 bridgehead atoms. The Kier molecular flexibility index (Phi) is 10.8. The molecule has 0 N–H and O–H groups in total. The van der Waals surface area contributed by atoms with Crippen molar-refractivity contribution in [1.82, 2.24) is 4.98 Å². The fraction of sp³-hybridized carbons (Fsp3) is 0.261. The molecule has 1 aromatic heterocycles. The van der Waals surface area contributed by atoms with Gasteiger partial charge in [-0.2, -0.15) is 0 Å². The van der Waals surface area contributed by atoms with Crippen molar-refractivity contribution in [3.05, 3.63) is 82.8 Å². The Balaban J connectivity index is 0.884. The number of thioether (sulfide) groups is 14. The van der Waals surface area contributed by atoms with E-state index in [9.17, 15) is 0 Å². The van der Waals surface area contributed by atoms with Crippen molar-refractivity contribution in [3.8, 4) is 0 Å². The molecule has 0 spiro atoms. The van der Waals surface area contributed by atoms with Crippen LogP contribution in [-0.2, 0) is 11.5 Å². The van der Waals surface area contributed by atoms with Crippen LogP contribution in [0.25, 0.3) is 0 Å². The maximum absolute atomic E-state index is 4.99. The van der Waals surface area contributed by atoms with E-state index in [1.807, 2.05) is 165 Å². The van der Waals surface area contributed by atoms with Gasteiger partial charge in [-0.3, -0.25) is 4.98 Å². The molecule has 15 heteroatoms. The van der Waals surface area contributed by atoms with E-state index in [2.05, 4.69) is 29.0 Å². The molecule has 0 amide bonds. The molecule has 7 heterocycles. The van der Waals surface area contributed by atoms with Crippen molar-refractivity contribution < 1.29 is 0 Å². The Morgan fingerprint density at radius 3 is 1.37 bits per heavy atom. The van der Waals surface area contributed by atoms with Gasteiger partial charge >= 0.3 is 0 Å². The summed E-state index contributed by atoms with van der Waals surface area (Å²) in [4.78, 5) is 4.99. The molecule has 6 aliphatic rings. The van der Waals surface area contributed by atoms with Crippen LogP contribution in [0.2, 0.25) is 0 Å². The molecular weight excluding hydrogens is 739 g/mol. The van der Waals surface area contributed by atoms with Crippen LogP contribution in [0.15, 0.2) is 71.4 Å². The van der Waals surface area contributed by atoms with Crippen LogP contribution in [0, 0.1) is 0 Å². The van der Waals surface area contributed by atoms with Gasteiger partial charge in [-0.15, -0.1) is 70.6 Å². The van der Waals surface area contributed by atoms with Crippen molar-refractivity contribution in [2.75, 3.05) is 23.0 Å². The molecule has 1 aromatic rings. The molecule has 0 fully saturated rings. The number of hydrogen-bond donors (Lipinski definition) is 0. The van der Waals surface area contributed by atoms with Gasteiger partial charge in [-0.1, -0.05) is 100 Å². The van der Waals surface area contributed by atoms with Gasteiger partial charge in [0, 0.05) is 34.5 Å². The molecule has 6 aliphatic heterocycles. The van der Waals surface area contributed by atoms with E-state index in [0.29, 0.717) is 0 Å². The summed E-state index contributed by atoms with van der Waals surface area (Å²) >= 11 is 27.6. The summed E-state index contributed by atoms with van der Waals surface area (Å²) in [6.07, 6.45) is 0. The minimum Gasteiger partial charge on any atom is -0.256 e. The van der Waals surface area contributed by atoms with Crippen molar-refractivity contribution >= 4 is 165 Å². The van der Waals surface area contributed by atoms with Crippen LogP contribution in [0.5, 0.6) is 0 Å². The van der Waals surface area contributed by atoms with Crippen LogP contribution in [0.4, 0.5) is 0 Å². The van der Waals surface area contributed by atoms with Crippen molar-refractivity contribution in [3.63, 3.8) is 0 Å². The number of rotatable bonds is 6. The predicted octanol–water partition coefficient (Wildman–Crippen LogP) is 12.5. The fourth-order valence-corrected chi connectivity index (χ4v) is 23.1. The van der Waals surface area contributed by atoms with Gasteiger partial charge in [-0.25, -0.2) is 0 Å². The van der Waals surface area contributed by atoms with Gasteiger partial charge in [0.1, 0.15) is 0 Å². The second kappa shape index (κ2) is 14.1. The summed E-state index contributed by atoms with van der Waals surface area (Å²) in [6, 6.07) is 6.51. The third-order valence-electron chi connectivity index (χ3n) is 5.01. The third-order valence-corrected chi connectivity index (χ3v) is 25.1. The van der Waals surface area contributed by atoms with Gasteiger partial charge in [0.25, 0.3) is 0 Å². The Bertz CT molecular complexity index is 1200. The molecule has 0 saturated carbocycles. The maximum atomic E-state index is 4.99. The highest BCUT2D eigenvalue weighted by atomic mass is 32.3. The fourth-order valence-electron chi connectivity index (χ4n) is 3.37. The average molecular weight is 756 g/mol. The highest BCUT2D eigenvalue weighted by Crippen LogP contribution is 2.65. The Hall–Kier alpha value is 2.49. The lowest BCUT2D eigenvalue weighted by Crippen LogP contribution is -1.92. The second-order valence-electron chi connectivity index (χ2n) is 7.61. The van der Waals surface area contributed by atoms with Crippen LogP contribution in [0.1, 0.15) is 11.4 Å². The lowest BCUT2D eigenvalue weighted by atomic mass is 10.3. The standard InChI is InChI=1S/C23H17NS14/c1-2-12(8-29-14-10-31-20(33-14)22-35-16-17(36-22)26-5-4-25-16)24-13(3-1)9-30-15-11-32-21(34-15)23-37-18-19(38-23)28-7-6-27-18/h1-3,10-11H,4-9H2. The third kappa shape index (κ3) is 7.23. The highest BCUT2D eigenvalue weighted by molar-refractivity contribution is 8.44. The normalized spacial score (nSPS) is 23.5. The number of aromatic nitrogens is 1. The van der Waals surface area contributed by atoms with Gasteiger partial charge in [0.15, 0.2) is 0 Å². The first kappa shape index (κ1) is 29.2. The minimum atomic E-state index is 0.924. The van der Waals surface area contributed by atoms with Gasteiger partial charge < -0.3 is 0 Å². The van der Waals surface area contributed by atoms with Crippen molar-refractivity contribution in [2.45, 2.75) is 11.5 Å². The number of nitrogens with zero attached hydrogens (tertiary/aromatic N) is 1. The zero-order chi connectivity index (χ0) is 25.3.